The fourth-order valence-corrected chi connectivity index (χ4v) is 5.23. The normalized spacial score (nSPS) is 12.2. The zero-order valence-corrected chi connectivity index (χ0v) is 14.6. The molecule has 0 saturated heterocycles. The lowest BCUT2D eigenvalue weighted by Gasteiger charge is -2.00. The lowest BCUT2D eigenvalue weighted by molar-refractivity contribution is 1.02. The molecule has 0 N–H and O–H groups in total. The van der Waals surface area contributed by atoms with Gasteiger partial charge in [-0.1, -0.05) is 42.5 Å². The number of hydrogen-bond acceptors (Lipinski definition) is 1. The third-order valence-electron chi connectivity index (χ3n) is 5.37. The molecule has 0 atom stereocenters. The van der Waals surface area contributed by atoms with E-state index < -0.39 is 0 Å². The highest BCUT2D eigenvalue weighted by molar-refractivity contribution is 7.25. The van der Waals surface area contributed by atoms with Crippen molar-refractivity contribution in [2.45, 2.75) is 0 Å². The Balaban J connectivity index is 1.86. The summed E-state index contributed by atoms with van der Waals surface area (Å²) in [7, 11) is 2.18. The first-order valence-corrected chi connectivity index (χ1v) is 9.33. The van der Waals surface area contributed by atoms with Gasteiger partial charge in [-0.15, -0.1) is 11.3 Å². The number of aryl methyl sites for hydroxylation is 1. The van der Waals surface area contributed by atoms with Gasteiger partial charge in [-0.25, -0.2) is 0 Å². The van der Waals surface area contributed by atoms with E-state index in [1.807, 2.05) is 11.3 Å². The smallest absolute Gasteiger partial charge is 0.0503 e. The highest BCUT2D eigenvalue weighted by Gasteiger charge is 2.13. The summed E-state index contributed by atoms with van der Waals surface area (Å²) in [5.41, 5.74) is 2.61. The van der Waals surface area contributed by atoms with Gasteiger partial charge in [0.25, 0.3) is 0 Å². The summed E-state index contributed by atoms with van der Waals surface area (Å²) in [6, 6.07) is 26.7. The van der Waals surface area contributed by atoms with E-state index in [-0.39, 0.29) is 0 Å². The third kappa shape index (κ3) is 1.72. The summed E-state index contributed by atoms with van der Waals surface area (Å²) in [4.78, 5) is 0. The minimum absolute atomic E-state index is 1.30. The first-order chi connectivity index (χ1) is 12.3. The van der Waals surface area contributed by atoms with Crippen molar-refractivity contribution in [3.8, 4) is 0 Å². The fraction of sp³-hybridized carbons (Fsp3) is 0.0435. The van der Waals surface area contributed by atoms with Crippen LogP contribution in [0, 0.1) is 0 Å². The van der Waals surface area contributed by atoms with E-state index in [0.29, 0.717) is 0 Å². The standard InChI is InChI=1S/C23H15NS/c1-24-20-11-15-7-3-2-6-14(15)10-17(20)18-12-19-16-8-4-5-9-22(16)25-23(19)13-21(18)24/h2-13H,1H3. The van der Waals surface area contributed by atoms with Crippen molar-refractivity contribution < 1.29 is 0 Å². The van der Waals surface area contributed by atoms with Gasteiger partial charge >= 0.3 is 0 Å². The number of hydrogen-bond donors (Lipinski definition) is 0. The average Bonchev–Trinajstić information content (AvgIpc) is 3.14. The minimum atomic E-state index is 1.30. The monoisotopic (exact) mass is 337 g/mol. The fourth-order valence-electron chi connectivity index (χ4n) is 4.11. The summed E-state index contributed by atoms with van der Waals surface area (Å²) in [6.45, 7) is 0. The van der Waals surface area contributed by atoms with E-state index in [1.165, 1.54) is 52.8 Å². The molecule has 0 amide bonds. The Morgan fingerprint density at radius 1 is 0.600 bits per heavy atom. The van der Waals surface area contributed by atoms with Crippen LogP contribution in [0.25, 0.3) is 52.8 Å². The minimum Gasteiger partial charge on any atom is -0.344 e. The van der Waals surface area contributed by atoms with Crippen molar-refractivity contribution in [3.63, 3.8) is 0 Å². The molecule has 0 aliphatic heterocycles. The molecule has 2 aromatic heterocycles. The highest BCUT2D eigenvalue weighted by Crippen LogP contribution is 2.39. The molecule has 0 bridgehead atoms. The van der Waals surface area contributed by atoms with Crippen molar-refractivity contribution in [1.29, 1.82) is 0 Å². The highest BCUT2D eigenvalue weighted by atomic mass is 32.1. The topological polar surface area (TPSA) is 4.93 Å². The van der Waals surface area contributed by atoms with Crippen LogP contribution >= 0.6 is 11.3 Å². The van der Waals surface area contributed by atoms with Gasteiger partial charge in [0.1, 0.15) is 0 Å². The van der Waals surface area contributed by atoms with Gasteiger partial charge in [-0.2, -0.15) is 0 Å². The summed E-state index contributed by atoms with van der Waals surface area (Å²) >= 11 is 1.88. The van der Waals surface area contributed by atoms with Gasteiger partial charge in [0.05, 0.1) is 5.52 Å². The molecular weight excluding hydrogens is 322 g/mol. The Kier molecular flexibility index (Phi) is 2.48. The largest absolute Gasteiger partial charge is 0.344 e. The molecule has 25 heavy (non-hydrogen) atoms. The van der Waals surface area contributed by atoms with Gasteiger partial charge in [0.2, 0.25) is 0 Å². The average molecular weight is 337 g/mol. The van der Waals surface area contributed by atoms with Crippen molar-refractivity contribution >= 4 is 64.1 Å². The van der Waals surface area contributed by atoms with E-state index in [2.05, 4.69) is 84.4 Å². The van der Waals surface area contributed by atoms with Crippen LogP contribution < -0.4 is 0 Å². The molecule has 6 aromatic rings. The number of fused-ring (bicyclic) bond motifs is 7. The second-order valence-corrected chi connectivity index (χ2v) is 7.82. The van der Waals surface area contributed by atoms with Crippen LogP contribution in [0.4, 0.5) is 0 Å². The molecule has 0 unspecified atom stereocenters. The molecule has 0 saturated carbocycles. The van der Waals surface area contributed by atoms with Crippen LogP contribution in [-0.2, 0) is 7.05 Å². The lowest BCUT2D eigenvalue weighted by atomic mass is 10.0. The SMILES string of the molecule is Cn1c2cc3ccccc3cc2c2cc3c(cc21)sc1ccccc13. The molecule has 0 aliphatic rings. The number of aromatic nitrogens is 1. The van der Waals surface area contributed by atoms with Crippen LogP contribution in [0.2, 0.25) is 0 Å². The van der Waals surface area contributed by atoms with Gasteiger partial charge < -0.3 is 4.57 Å². The Morgan fingerprint density at radius 2 is 1.28 bits per heavy atom. The molecule has 1 nitrogen and oxygen atoms in total. The maximum absolute atomic E-state index is 2.39. The maximum atomic E-state index is 2.39. The predicted octanol–water partition coefficient (Wildman–Crippen LogP) is 6.85. The quantitative estimate of drug-likeness (QED) is 0.285. The Morgan fingerprint density at radius 3 is 2.16 bits per heavy atom. The van der Waals surface area contributed by atoms with Gasteiger partial charge in [0.15, 0.2) is 0 Å². The van der Waals surface area contributed by atoms with Crippen LogP contribution in [0.3, 0.4) is 0 Å². The molecule has 118 valence electrons. The van der Waals surface area contributed by atoms with E-state index >= 15 is 0 Å². The number of benzene rings is 4. The second kappa shape index (κ2) is 4.62. The van der Waals surface area contributed by atoms with Crippen LogP contribution in [0.1, 0.15) is 0 Å². The summed E-state index contributed by atoms with van der Waals surface area (Å²) in [5.74, 6) is 0. The summed E-state index contributed by atoms with van der Waals surface area (Å²) in [5, 5.41) is 8.02. The molecule has 6 rings (SSSR count). The van der Waals surface area contributed by atoms with Gasteiger partial charge in [0, 0.05) is 43.5 Å². The molecule has 0 fully saturated rings. The molecule has 4 aromatic carbocycles. The first kappa shape index (κ1) is 13.5. The van der Waals surface area contributed by atoms with Crippen LogP contribution in [-0.4, -0.2) is 4.57 Å². The van der Waals surface area contributed by atoms with E-state index in [9.17, 15) is 0 Å². The van der Waals surface area contributed by atoms with E-state index in [1.54, 1.807) is 0 Å². The van der Waals surface area contributed by atoms with Crippen molar-refractivity contribution in [2.24, 2.45) is 7.05 Å². The molecule has 2 heterocycles. The summed E-state index contributed by atoms with van der Waals surface area (Å²) < 4.78 is 5.06. The Labute approximate surface area is 148 Å². The van der Waals surface area contributed by atoms with E-state index in [4.69, 9.17) is 0 Å². The Bertz CT molecular complexity index is 1450. The summed E-state index contributed by atoms with van der Waals surface area (Å²) in [6.07, 6.45) is 0. The van der Waals surface area contributed by atoms with Gasteiger partial charge in [-0.3, -0.25) is 0 Å². The van der Waals surface area contributed by atoms with Crippen molar-refractivity contribution in [3.05, 3.63) is 72.8 Å². The number of nitrogens with zero attached hydrogens (tertiary/aromatic N) is 1. The zero-order valence-electron chi connectivity index (χ0n) is 13.8. The second-order valence-electron chi connectivity index (χ2n) is 6.74. The molecule has 2 heteroatoms. The number of rotatable bonds is 0. The van der Waals surface area contributed by atoms with Crippen molar-refractivity contribution in [2.75, 3.05) is 0 Å². The molecule has 0 radical (unpaired) electrons. The van der Waals surface area contributed by atoms with E-state index in [0.717, 1.165) is 0 Å². The zero-order chi connectivity index (χ0) is 16.5. The lowest BCUT2D eigenvalue weighted by Crippen LogP contribution is -1.86. The number of thiophene rings is 1. The molecular formula is C23H15NS. The molecule has 0 aliphatic carbocycles. The maximum Gasteiger partial charge on any atom is 0.0503 e. The first-order valence-electron chi connectivity index (χ1n) is 8.52. The van der Waals surface area contributed by atoms with Crippen LogP contribution in [0.5, 0.6) is 0 Å². The van der Waals surface area contributed by atoms with Gasteiger partial charge in [-0.05, 0) is 41.1 Å². The third-order valence-corrected chi connectivity index (χ3v) is 6.51. The molecule has 0 spiro atoms. The predicted molar refractivity (Wildman–Crippen MR) is 111 cm³/mol. The van der Waals surface area contributed by atoms with Crippen LogP contribution in [0.15, 0.2) is 72.8 Å². The van der Waals surface area contributed by atoms with Crippen molar-refractivity contribution in [1.82, 2.24) is 4.57 Å². The Hall–Kier alpha value is -2.84.